The van der Waals surface area contributed by atoms with Gasteiger partial charge in [0.15, 0.2) is 0 Å². The van der Waals surface area contributed by atoms with E-state index in [2.05, 4.69) is 5.32 Å². The Labute approximate surface area is 110 Å². The van der Waals surface area contributed by atoms with E-state index in [-0.39, 0.29) is 18.8 Å². The number of β-amino-alcohol motifs (C(OH)–C–C–N with tert-alkyl or cyclic N) is 1. The first-order valence-electron chi connectivity index (χ1n) is 5.75. The number of nitrogens with one attached hydrogen (secondary N) is 1. The number of imide groups is 1. The minimum absolute atomic E-state index is 0.00252. The summed E-state index contributed by atoms with van der Waals surface area (Å²) in [5, 5.41) is 11.7. The normalized spacial score (nSPS) is 14.6. The molecule has 0 bridgehead atoms. The number of anilines is 1. The lowest BCUT2D eigenvalue weighted by Gasteiger charge is -2.13. The molecule has 0 atom stereocenters. The molecular formula is C13H14N2O4. The Bertz CT molecular complexity index is 539. The van der Waals surface area contributed by atoms with Gasteiger partial charge in [-0.25, -0.2) is 0 Å². The molecule has 1 heterocycles. The number of amides is 2. The largest absolute Gasteiger partial charge is 0.497 e. The molecule has 2 rings (SSSR count). The van der Waals surface area contributed by atoms with Gasteiger partial charge in [0.05, 0.1) is 20.3 Å². The van der Waals surface area contributed by atoms with E-state index in [0.717, 1.165) is 4.90 Å². The Hall–Kier alpha value is -2.34. The van der Waals surface area contributed by atoms with Crippen LogP contribution < -0.4 is 10.1 Å². The minimum Gasteiger partial charge on any atom is -0.497 e. The fourth-order valence-corrected chi connectivity index (χ4v) is 1.77. The van der Waals surface area contributed by atoms with Gasteiger partial charge in [0.25, 0.3) is 11.8 Å². The Balaban J connectivity index is 2.13. The van der Waals surface area contributed by atoms with Gasteiger partial charge in [-0.2, -0.15) is 0 Å². The number of hydrogen-bond acceptors (Lipinski definition) is 5. The summed E-state index contributed by atoms with van der Waals surface area (Å²) in [4.78, 5) is 24.4. The molecule has 0 spiro atoms. The van der Waals surface area contributed by atoms with Gasteiger partial charge in [0.2, 0.25) is 0 Å². The number of aliphatic hydroxyl groups is 1. The summed E-state index contributed by atoms with van der Waals surface area (Å²) in [5.41, 5.74) is 0.837. The molecule has 0 aliphatic carbocycles. The van der Waals surface area contributed by atoms with E-state index in [1.165, 1.54) is 6.08 Å². The Morgan fingerprint density at radius 2 is 2.16 bits per heavy atom. The van der Waals surface area contributed by atoms with Gasteiger partial charge in [0.1, 0.15) is 11.4 Å². The Morgan fingerprint density at radius 3 is 2.84 bits per heavy atom. The third kappa shape index (κ3) is 2.74. The first kappa shape index (κ1) is 13.1. The third-order valence-electron chi connectivity index (χ3n) is 2.68. The molecule has 0 saturated heterocycles. The van der Waals surface area contributed by atoms with E-state index in [1.807, 2.05) is 0 Å². The van der Waals surface area contributed by atoms with Crippen LogP contribution in [0.1, 0.15) is 0 Å². The highest BCUT2D eigenvalue weighted by Crippen LogP contribution is 2.20. The number of carbonyl (C=O) groups is 2. The second-order valence-corrected chi connectivity index (χ2v) is 3.93. The van der Waals surface area contributed by atoms with E-state index < -0.39 is 11.8 Å². The standard InChI is InChI=1S/C13H14N2O4/c1-19-10-4-2-3-9(7-10)14-11-8-12(17)15(5-6-16)13(11)18/h2-4,7-8,14,16H,5-6H2,1H3. The zero-order valence-corrected chi connectivity index (χ0v) is 10.4. The molecule has 1 aromatic rings. The first-order chi connectivity index (χ1) is 9.15. The molecule has 6 heteroatoms. The van der Waals surface area contributed by atoms with Gasteiger partial charge in [-0.05, 0) is 12.1 Å². The molecule has 19 heavy (non-hydrogen) atoms. The number of methoxy groups -OCH3 is 1. The maximum atomic E-state index is 11.9. The van der Waals surface area contributed by atoms with Crippen molar-refractivity contribution >= 4 is 17.5 Å². The smallest absolute Gasteiger partial charge is 0.277 e. The molecule has 100 valence electrons. The molecule has 0 aromatic heterocycles. The summed E-state index contributed by atoms with van der Waals surface area (Å²) in [6.45, 7) is -0.255. The minimum atomic E-state index is -0.443. The van der Waals surface area contributed by atoms with Crippen molar-refractivity contribution in [2.75, 3.05) is 25.6 Å². The second-order valence-electron chi connectivity index (χ2n) is 3.93. The van der Waals surface area contributed by atoms with Crippen molar-refractivity contribution in [3.63, 3.8) is 0 Å². The highest BCUT2D eigenvalue weighted by atomic mass is 16.5. The van der Waals surface area contributed by atoms with Crippen LogP contribution in [-0.4, -0.2) is 42.1 Å². The average Bonchev–Trinajstić information content (AvgIpc) is 2.67. The molecule has 0 saturated carbocycles. The number of hydrogen-bond donors (Lipinski definition) is 2. The van der Waals surface area contributed by atoms with E-state index in [9.17, 15) is 9.59 Å². The maximum Gasteiger partial charge on any atom is 0.277 e. The van der Waals surface area contributed by atoms with Crippen LogP contribution in [0.15, 0.2) is 36.0 Å². The van der Waals surface area contributed by atoms with Crippen LogP contribution in [0.2, 0.25) is 0 Å². The number of nitrogens with zero attached hydrogens (tertiary/aromatic N) is 1. The average molecular weight is 262 g/mol. The quantitative estimate of drug-likeness (QED) is 0.749. The highest BCUT2D eigenvalue weighted by molar-refractivity contribution is 6.17. The van der Waals surface area contributed by atoms with Crippen LogP contribution in [0.4, 0.5) is 5.69 Å². The van der Waals surface area contributed by atoms with Crippen LogP contribution in [0.3, 0.4) is 0 Å². The predicted molar refractivity (Wildman–Crippen MR) is 68.5 cm³/mol. The monoisotopic (exact) mass is 262 g/mol. The fourth-order valence-electron chi connectivity index (χ4n) is 1.77. The molecule has 1 aliphatic heterocycles. The highest BCUT2D eigenvalue weighted by Gasteiger charge is 2.30. The summed E-state index contributed by atoms with van der Waals surface area (Å²) in [6, 6.07) is 7.02. The molecular weight excluding hydrogens is 248 g/mol. The van der Waals surface area contributed by atoms with Crippen LogP contribution in [0.5, 0.6) is 5.75 Å². The molecule has 2 N–H and O–H groups in total. The van der Waals surface area contributed by atoms with Gasteiger partial charge in [0, 0.05) is 17.8 Å². The van der Waals surface area contributed by atoms with Crippen molar-refractivity contribution in [2.45, 2.75) is 0 Å². The summed E-state index contributed by atoms with van der Waals surface area (Å²) >= 11 is 0. The second kappa shape index (κ2) is 5.53. The zero-order chi connectivity index (χ0) is 13.8. The fraction of sp³-hybridized carbons (Fsp3) is 0.231. The van der Waals surface area contributed by atoms with Gasteiger partial charge < -0.3 is 15.2 Å². The maximum absolute atomic E-state index is 11.9. The van der Waals surface area contributed by atoms with Crippen LogP contribution in [-0.2, 0) is 9.59 Å². The van der Waals surface area contributed by atoms with Gasteiger partial charge in [-0.15, -0.1) is 0 Å². The predicted octanol–water partition coefficient (Wildman–Crippen LogP) is 0.352. The summed E-state index contributed by atoms with van der Waals surface area (Å²) < 4.78 is 5.07. The van der Waals surface area contributed by atoms with E-state index in [0.29, 0.717) is 11.4 Å². The molecule has 0 radical (unpaired) electrons. The number of ether oxygens (including phenoxy) is 1. The van der Waals surface area contributed by atoms with E-state index in [4.69, 9.17) is 9.84 Å². The van der Waals surface area contributed by atoms with Crippen molar-refractivity contribution in [3.8, 4) is 5.75 Å². The van der Waals surface area contributed by atoms with Crippen molar-refractivity contribution in [2.24, 2.45) is 0 Å². The van der Waals surface area contributed by atoms with Crippen LogP contribution in [0.25, 0.3) is 0 Å². The number of rotatable bonds is 5. The number of benzene rings is 1. The molecule has 6 nitrogen and oxygen atoms in total. The summed E-state index contributed by atoms with van der Waals surface area (Å²) in [7, 11) is 1.55. The number of aliphatic hydroxyl groups excluding tert-OH is 1. The van der Waals surface area contributed by atoms with Crippen LogP contribution >= 0.6 is 0 Å². The molecule has 1 aliphatic rings. The topological polar surface area (TPSA) is 78.9 Å². The third-order valence-corrected chi connectivity index (χ3v) is 2.68. The summed E-state index contributed by atoms with van der Waals surface area (Å²) in [6.07, 6.45) is 1.22. The molecule has 2 amide bonds. The van der Waals surface area contributed by atoms with Crippen molar-refractivity contribution in [1.82, 2.24) is 4.90 Å². The van der Waals surface area contributed by atoms with Crippen molar-refractivity contribution in [1.29, 1.82) is 0 Å². The lowest BCUT2D eigenvalue weighted by Crippen LogP contribution is -2.34. The SMILES string of the molecule is COc1cccc(NC2=CC(=O)N(CCO)C2=O)c1. The summed E-state index contributed by atoms with van der Waals surface area (Å²) in [5.74, 6) is -0.221. The van der Waals surface area contributed by atoms with Gasteiger partial charge in [-0.1, -0.05) is 6.07 Å². The lowest BCUT2D eigenvalue weighted by molar-refractivity contribution is -0.137. The number of carbonyl (C=O) groups excluding carboxylic acids is 2. The van der Waals surface area contributed by atoms with Gasteiger partial charge in [-0.3, -0.25) is 14.5 Å². The molecule has 0 fully saturated rings. The Morgan fingerprint density at radius 1 is 1.37 bits per heavy atom. The zero-order valence-electron chi connectivity index (χ0n) is 10.4. The van der Waals surface area contributed by atoms with Crippen molar-refractivity contribution < 1.29 is 19.4 Å². The van der Waals surface area contributed by atoms with E-state index in [1.54, 1.807) is 31.4 Å². The Kier molecular flexibility index (Phi) is 3.82. The van der Waals surface area contributed by atoms with Gasteiger partial charge >= 0.3 is 0 Å². The lowest BCUT2D eigenvalue weighted by atomic mass is 10.3. The van der Waals surface area contributed by atoms with E-state index >= 15 is 0 Å². The van der Waals surface area contributed by atoms with Crippen LogP contribution in [0, 0.1) is 0 Å². The molecule has 1 aromatic carbocycles. The first-order valence-corrected chi connectivity index (χ1v) is 5.75. The van der Waals surface area contributed by atoms with Crippen molar-refractivity contribution in [3.05, 3.63) is 36.0 Å². The molecule has 0 unspecified atom stereocenters.